The third-order valence-corrected chi connectivity index (χ3v) is 6.54. The highest BCUT2D eigenvalue weighted by Crippen LogP contribution is 2.37. The van der Waals surface area contributed by atoms with Gasteiger partial charge in [-0.05, 0) is 31.2 Å². The molecular formula is C19H21N5O2S2. The topological polar surface area (TPSA) is 93.4 Å². The lowest BCUT2D eigenvalue weighted by atomic mass is 10.1. The van der Waals surface area contributed by atoms with Crippen molar-refractivity contribution in [3.05, 3.63) is 34.7 Å². The summed E-state index contributed by atoms with van der Waals surface area (Å²) in [6.07, 6.45) is 0.967. The molecule has 1 aromatic carbocycles. The number of hydrogen-bond acceptors (Lipinski definition) is 8. The van der Waals surface area contributed by atoms with Gasteiger partial charge in [-0.2, -0.15) is 0 Å². The van der Waals surface area contributed by atoms with E-state index in [4.69, 9.17) is 10.5 Å². The molecule has 146 valence electrons. The van der Waals surface area contributed by atoms with Crippen LogP contribution in [0.5, 0.6) is 5.75 Å². The van der Waals surface area contributed by atoms with E-state index in [-0.39, 0.29) is 11.7 Å². The number of nitrogens with zero attached hydrogens (tertiary/aromatic N) is 3. The minimum absolute atomic E-state index is 0.132. The number of nitrogens with two attached hydrogens (primary N) is 1. The number of ether oxygens (including phenoxy) is 1. The molecular weight excluding hydrogens is 394 g/mol. The molecule has 0 saturated heterocycles. The van der Waals surface area contributed by atoms with Gasteiger partial charge in [0.05, 0.1) is 18.2 Å². The second-order valence-electron chi connectivity index (χ2n) is 6.63. The molecule has 1 aliphatic heterocycles. The molecule has 2 aromatic heterocycles. The Kier molecular flexibility index (Phi) is 5.38. The molecule has 0 fully saturated rings. The fourth-order valence-corrected chi connectivity index (χ4v) is 5.24. The number of likely N-dealkylation sites (N-methyl/N-ethyl adjacent to an activating group) is 1. The van der Waals surface area contributed by atoms with Crippen LogP contribution in [0.4, 0.5) is 11.5 Å². The Morgan fingerprint density at radius 3 is 3.11 bits per heavy atom. The maximum Gasteiger partial charge on any atom is 0.234 e. The van der Waals surface area contributed by atoms with E-state index < -0.39 is 0 Å². The summed E-state index contributed by atoms with van der Waals surface area (Å²) in [5, 5.41) is 4.36. The van der Waals surface area contributed by atoms with Crippen molar-refractivity contribution < 1.29 is 9.53 Å². The lowest BCUT2D eigenvalue weighted by Gasteiger charge is -2.22. The van der Waals surface area contributed by atoms with Gasteiger partial charge in [-0.25, -0.2) is 9.97 Å². The van der Waals surface area contributed by atoms with E-state index in [0.717, 1.165) is 29.7 Å². The summed E-state index contributed by atoms with van der Waals surface area (Å²) in [7, 11) is 3.71. The third kappa shape index (κ3) is 3.91. The molecule has 9 heteroatoms. The smallest absolute Gasteiger partial charge is 0.234 e. The average molecular weight is 416 g/mol. The van der Waals surface area contributed by atoms with Gasteiger partial charge >= 0.3 is 0 Å². The molecule has 0 spiro atoms. The van der Waals surface area contributed by atoms with E-state index in [1.54, 1.807) is 24.5 Å². The summed E-state index contributed by atoms with van der Waals surface area (Å²) in [6.45, 7) is 1.93. The number of fused-ring (bicyclic) bond motifs is 3. The summed E-state index contributed by atoms with van der Waals surface area (Å²) < 4.78 is 5.17. The number of hydrogen-bond donors (Lipinski definition) is 2. The highest BCUT2D eigenvalue weighted by atomic mass is 32.2. The number of carbonyl (C=O) groups excluding carboxylic acids is 1. The maximum absolute atomic E-state index is 12.3. The molecule has 0 bridgehead atoms. The first-order valence-electron chi connectivity index (χ1n) is 8.86. The van der Waals surface area contributed by atoms with Crippen molar-refractivity contribution in [1.82, 2.24) is 14.9 Å². The summed E-state index contributed by atoms with van der Waals surface area (Å²) in [4.78, 5) is 25.8. The normalized spacial score (nSPS) is 14.1. The molecule has 4 rings (SSSR count). The monoisotopic (exact) mass is 415 g/mol. The number of methoxy groups -OCH3 is 1. The number of nitrogen functional groups attached to an aromatic ring is 1. The number of thioether (sulfide) groups is 1. The molecule has 0 radical (unpaired) electrons. The largest absolute Gasteiger partial charge is 0.497 e. The van der Waals surface area contributed by atoms with Crippen LogP contribution in [0.15, 0.2) is 29.4 Å². The molecule has 0 aliphatic carbocycles. The highest BCUT2D eigenvalue weighted by Gasteiger charge is 2.22. The Morgan fingerprint density at radius 2 is 2.29 bits per heavy atom. The van der Waals surface area contributed by atoms with Crippen LogP contribution in [-0.2, 0) is 17.8 Å². The Labute approximate surface area is 171 Å². The third-order valence-electron chi connectivity index (χ3n) is 4.58. The number of rotatable bonds is 5. The van der Waals surface area contributed by atoms with Crippen LogP contribution in [0.3, 0.4) is 0 Å². The molecule has 3 N–H and O–H groups in total. The van der Waals surface area contributed by atoms with E-state index in [1.807, 2.05) is 18.2 Å². The van der Waals surface area contributed by atoms with Gasteiger partial charge < -0.3 is 20.7 Å². The van der Waals surface area contributed by atoms with Crippen LogP contribution in [0.1, 0.15) is 10.4 Å². The van der Waals surface area contributed by atoms with Gasteiger partial charge in [-0.1, -0.05) is 17.8 Å². The molecule has 0 unspecified atom stereocenters. The number of anilines is 2. The van der Waals surface area contributed by atoms with Crippen LogP contribution in [0.25, 0.3) is 10.2 Å². The standard InChI is InChI=1S/C19H21N5O2S2/c1-24-7-6-13-14(9-24)28-18-16(13)17(20)22-19(23-18)27-10-15(25)21-11-4-3-5-12(8-11)26-2/h3-5,8H,6-7,9-10H2,1-2H3,(H,21,25)(H2,20,22,23). The highest BCUT2D eigenvalue weighted by molar-refractivity contribution is 7.99. The zero-order valence-electron chi connectivity index (χ0n) is 15.7. The van der Waals surface area contributed by atoms with Crippen molar-refractivity contribution in [2.24, 2.45) is 0 Å². The number of thiophene rings is 1. The van der Waals surface area contributed by atoms with Crippen LogP contribution < -0.4 is 15.8 Å². The summed E-state index contributed by atoms with van der Waals surface area (Å²) >= 11 is 2.96. The number of aromatic nitrogens is 2. The van der Waals surface area contributed by atoms with Crippen molar-refractivity contribution in [3.8, 4) is 5.75 Å². The van der Waals surface area contributed by atoms with Crippen molar-refractivity contribution in [2.75, 3.05) is 37.5 Å². The number of carbonyl (C=O) groups is 1. The first kappa shape index (κ1) is 19.0. The fourth-order valence-electron chi connectivity index (χ4n) is 3.22. The van der Waals surface area contributed by atoms with Gasteiger partial charge in [-0.3, -0.25) is 4.79 Å². The maximum atomic E-state index is 12.3. The number of benzene rings is 1. The van der Waals surface area contributed by atoms with Crippen LogP contribution in [0, 0.1) is 0 Å². The predicted molar refractivity (Wildman–Crippen MR) is 114 cm³/mol. The molecule has 3 aromatic rings. The molecule has 3 heterocycles. The Bertz CT molecular complexity index is 1040. The quantitative estimate of drug-likeness (QED) is 0.489. The average Bonchev–Trinajstić information content (AvgIpc) is 3.04. The SMILES string of the molecule is COc1cccc(NC(=O)CSc2nc(N)c3c4c(sc3n2)CN(C)CC4)c1. The molecule has 7 nitrogen and oxygen atoms in total. The summed E-state index contributed by atoms with van der Waals surface area (Å²) in [6, 6.07) is 7.25. The summed E-state index contributed by atoms with van der Waals surface area (Å²) in [5.74, 6) is 1.27. The van der Waals surface area contributed by atoms with Gasteiger partial charge in [0, 0.05) is 29.7 Å². The lowest BCUT2D eigenvalue weighted by molar-refractivity contribution is -0.113. The van der Waals surface area contributed by atoms with E-state index >= 15 is 0 Å². The minimum atomic E-state index is -0.132. The molecule has 0 atom stereocenters. The molecule has 28 heavy (non-hydrogen) atoms. The zero-order valence-corrected chi connectivity index (χ0v) is 17.3. The zero-order chi connectivity index (χ0) is 19.7. The summed E-state index contributed by atoms with van der Waals surface area (Å²) in [5.41, 5.74) is 8.21. The van der Waals surface area contributed by atoms with Gasteiger partial charge in [0.2, 0.25) is 5.91 Å². The van der Waals surface area contributed by atoms with Crippen LogP contribution in [0.2, 0.25) is 0 Å². The van der Waals surface area contributed by atoms with E-state index in [0.29, 0.717) is 22.4 Å². The van der Waals surface area contributed by atoms with E-state index in [1.165, 1.54) is 22.2 Å². The van der Waals surface area contributed by atoms with Gasteiger partial charge in [0.25, 0.3) is 0 Å². The van der Waals surface area contributed by atoms with Crippen molar-refractivity contribution in [2.45, 2.75) is 18.1 Å². The predicted octanol–water partition coefficient (Wildman–Crippen LogP) is 3.00. The van der Waals surface area contributed by atoms with Gasteiger partial charge in [0.15, 0.2) is 5.16 Å². The first-order chi connectivity index (χ1) is 13.5. The molecule has 1 aliphatic rings. The molecule has 0 saturated carbocycles. The Hall–Kier alpha value is -2.36. The second-order valence-corrected chi connectivity index (χ2v) is 8.66. The van der Waals surface area contributed by atoms with E-state index in [9.17, 15) is 4.79 Å². The van der Waals surface area contributed by atoms with Crippen molar-refractivity contribution >= 4 is 50.7 Å². The van der Waals surface area contributed by atoms with Gasteiger partial charge in [-0.15, -0.1) is 11.3 Å². The van der Waals surface area contributed by atoms with E-state index in [2.05, 4.69) is 27.2 Å². The number of amides is 1. The Balaban J connectivity index is 1.47. The minimum Gasteiger partial charge on any atom is -0.497 e. The first-order valence-corrected chi connectivity index (χ1v) is 10.7. The fraction of sp³-hybridized carbons (Fsp3) is 0.316. The Morgan fingerprint density at radius 1 is 1.43 bits per heavy atom. The van der Waals surface area contributed by atoms with Crippen LogP contribution in [-0.4, -0.2) is 47.2 Å². The second kappa shape index (κ2) is 7.94. The van der Waals surface area contributed by atoms with Crippen molar-refractivity contribution in [3.63, 3.8) is 0 Å². The van der Waals surface area contributed by atoms with Crippen LogP contribution >= 0.6 is 23.1 Å². The van der Waals surface area contributed by atoms with Crippen molar-refractivity contribution in [1.29, 1.82) is 0 Å². The number of nitrogens with one attached hydrogen (secondary N) is 1. The van der Waals surface area contributed by atoms with Gasteiger partial charge in [0.1, 0.15) is 16.4 Å². The molecule has 1 amide bonds. The lowest BCUT2D eigenvalue weighted by Crippen LogP contribution is -2.25.